The number of benzene rings is 1. The molecule has 0 aliphatic carbocycles. The molecule has 0 aliphatic heterocycles. The number of aromatic amines is 1. The number of thioether (sulfide) groups is 1. The molecule has 96 valence electrons. The molecule has 1 aromatic heterocycles. The smallest absolute Gasteiger partial charge is 0.235 e. The van der Waals surface area contributed by atoms with Gasteiger partial charge in [-0.15, -0.1) is 0 Å². The van der Waals surface area contributed by atoms with Gasteiger partial charge in [0, 0.05) is 19.1 Å². The van der Waals surface area contributed by atoms with E-state index >= 15 is 0 Å². The standard InChI is InChI=1S/C12H14ClN3OS/c1-7(11(17)16(2)3)18-12-14-9-5-4-8(13)6-10(9)15-12/h4-7H,1-3H3,(H,14,15)/t7-/m0/s1. The first-order valence-corrected chi connectivity index (χ1v) is 6.76. The molecule has 0 fully saturated rings. The van der Waals surface area contributed by atoms with Crippen molar-refractivity contribution in [3.05, 3.63) is 23.2 Å². The second-order valence-electron chi connectivity index (χ2n) is 4.20. The Balaban J connectivity index is 2.19. The van der Waals surface area contributed by atoms with Gasteiger partial charge in [-0.25, -0.2) is 4.98 Å². The number of rotatable bonds is 3. The van der Waals surface area contributed by atoms with Crippen LogP contribution in [0.5, 0.6) is 0 Å². The van der Waals surface area contributed by atoms with Gasteiger partial charge in [-0.2, -0.15) is 0 Å². The van der Waals surface area contributed by atoms with E-state index < -0.39 is 0 Å². The van der Waals surface area contributed by atoms with Crippen molar-refractivity contribution < 1.29 is 4.79 Å². The highest BCUT2D eigenvalue weighted by Gasteiger charge is 2.17. The maximum atomic E-state index is 11.8. The van der Waals surface area contributed by atoms with Gasteiger partial charge < -0.3 is 9.88 Å². The number of fused-ring (bicyclic) bond motifs is 1. The number of nitrogens with zero attached hydrogens (tertiary/aromatic N) is 2. The second-order valence-corrected chi connectivity index (χ2v) is 5.96. The second kappa shape index (κ2) is 5.20. The van der Waals surface area contributed by atoms with Crippen LogP contribution in [-0.2, 0) is 4.79 Å². The van der Waals surface area contributed by atoms with Gasteiger partial charge in [0.15, 0.2) is 5.16 Å². The highest BCUT2D eigenvalue weighted by Crippen LogP contribution is 2.25. The summed E-state index contributed by atoms with van der Waals surface area (Å²) in [6.45, 7) is 1.87. The minimum absolute atomic E-state index is 0.0680. The van der Waals surface area contributed by atoms with E-state index in [2.05, 4.69) is 9.97 Å². The molecule has 4 nitrogen and oxygen atoms in total. The van der Waals surface area contributed by atoms with E-state index in [9.17, 15) is 4.79 Å². The van der Waals surface area contributed by atoms with Crippen molar-refractivity contribution in [3.8, 4) is 0 Å². The molecule has 0 spiro atoms. The Labute approximate surface area is 115 Å². The molecule has 1 N–H and O–H groups in total. The molecule has 18 heavy (non-hydrogen) atoms. The molecule has 1 heterocycles. The van der Waals surface area contributed by atoms with Crippen LogP contribution >= 0.6 is 23.4 Å². The van der Waals surface area contributed by atoms with Gasteiger partial charge in [-0.3, -0.25) is 4.79 Å². The lowest BCUT2D eigenvalue weighted by atomic mass is 10.3. The van der Waals surface area contributed by atoms with Gasteiger partial charge in [0.1, 0.15) is 0 Å². The number of H-pyrrole nitrogens is 1. The Morgan fingerprint density at radius 1 is 1.50 bits per heavy atom. The van der Waals surface area contributed by atoms with Crippen LogP contribution in [0.25, 0.3) is 11.0 Å². The lowest BCUT2D eigenvalue weighted by molar-refractivity contribution is -0.127. The largest absolute Gasteiger partial charge is 0.348 e. The Morgan fingerprint density at radius 2 is 2.22 bits per heavy atom. The van der Waals surface area contributed by atoms with Gasteiger partial charge in [-0.05, 0) is 25.1 Å². The maximum absolute atomic E-state index is 11.8. The number of hydrogen-bond donors (Lipinski definition) is 1. The molecule has 0 radical (unpaired) electrons. The number of carbonyl (C=O) groups is 1. The van der Waals surface area contributed by atoms with Gasteiger partial charge in [0.25, 0.3) is 0 Å². The summed E-state index contributed by atoms with van der Waals surface area (Å²) in [4.78, 5) is 20.9. The molecule has 2 aromatic rings. The van der Waals surface area contributed by atoms with Crippen molar-refractivity contribution in [2.45, 2.75) is 17.3 Å². The molecule has 0 bridgehead atoms. The topological polar surface area (TPSA) is 49.0 Å². The highest BCUT2D eigenvalue weighted by atomic mass is 35.5. The number of imidazole rings is 1. The highest BCUT2D eigenvalue weighted by molar-refractivity contribution is 8.00. The number of carbonyl (C=O) groups excluding carboxylic acids is 1. The zero-order valence-corrected chi connectivity index (χ0v) is 12.0. The van der Waals surface area contributed by atoms with Gasteiger partial charge in [0.2, 0.25) is 5.91 Å². The minimum Gasteiger partial charge on any atom is -0.348 e. The van der Waals surface area contributed by atoms with Crippen LogP contribution in [0, 0.1) is 0 Å². The zero-order chi connectivity index (χ0) is 13.3. The molecule has 0 saturated carbocycles. The summed E-state index contributed by atoms with van der Waals surface area (Å²) < 4.78 is 0. The van der Waals surface area contributed by atoms with Crippen molar-refractivity contribution in [1.82, 2.24) is 14.9 Å². The lowest BCUT2D eigenvalue weighted by Gasteiger charge is -2.14. The fourth-order valence-electron chi connectivity index (χ4n) is 1.60. The van der Waals surface area contributed by atoms with Gasteiger partial charge in [0.05, 0.1) is 16.3 Å². The number of nitrogens with one attached hydrogen (secondary N) is 1. The van der Waals surface area contributed by atoms with E-state index in [0.29, 0.717) is 5.02 Å². The molecule has 1 atom stereocenters. The summed E-state index contributed by atoms with van der Waals surface area (Å²) in [6.07, 6.45) is 0. The monoisotopic (exact) mass is 283 g/mol. The third-order valence-corrected chi connectivity index (χ3v) is 3.71. The van der Waals surface area contributed by atoms with E-state index in [1.807, 2.05) is 19.1 Å². The molecule has 0 unspecified atom stereocenters. The predicted molar refractivity (Wildman–Crippen MR) is 75.1 cm³/mol. The van der Waals surface area contributed by atoms with Crippen molar-refractivity contribution in [2.75, 3.05) is 14.1 Å². The molecular formula is C12H14ClN3OS. The maximum Gasteiger partial charge on any atom is 0.235 e. The molecule has 1 amide bonds. The molecule has 1 aromatic carbocycles. The fourth-order valence-corrected chi connectivity index (χ4v) is 2.73. The SMILES string of the molecule is C[C@H](Sc1nc2ccc(Cl)cc2[nH]1)C(=O)N(C)C. The average Bonchev–Trinajstić information content (AvgIpc) is 2.68. The lowest BCUT2D eigenvalue weighted by Crippen LogP contribution is -2.29. The normalized spacial score (nSPS) is 12.7. The Hall–Kier alpha value is -1.20. The molecule has 2 rings (SSSR count). The predicted octanol–water partition coefficient (Wildman–Crippen LogP) is 2.79. The van der Waals surface area contributed by atoms with Crippen LogP contribution in [0.3, 0.4) is 0 Å². The quantitative estimate of drug-likeness (QED) is 0.881. The number of amides is 1. The van der Waals surface area contributed by atoms with Crippen LogP contribution in [-0.4, -0.2) is 40.1 Å². The van der Waals surface area contributed by atoms with Crippen molar-refractivity contribution in [1.29, 1.82) is 0 Å². The van der Waals surface area contributed by atoms with E-state index in [1.54, 1.807) is 25.1 Å². The summed E-state index contributed by atoms with van der Waals surface area (Å²) in [7, 11) is 3.50. The molecule has 6 heteroatoms. The first-order chi connectivity index (χ1) is 8.47. The third-order valence-electron chi connectivity index (χ3n) is 2.50. The van der Waals surface area contributed by atoms with Crippen LogP contribution in [0.4, 0.5) is 0 Å². The summed E-state index contributed by atoms with van der Waals surface area (Å²) in [5.74, 6) is 0.0680. The zero-order valence-electron chi connectivity index (χ0n) is 10.4. The van der Waals surface area contributed by atoms with Gasteiger partial charge >= 0.3 is 0 Å². The summed E-state index contributed by atoms with van der Waals surface area (Å²) >= 11 is 7.32. The number of hydrogen-bond acceptors (Lipinski definition) is 3. The van der Waals surface area contributed by atoms with Crippen LogP contribution < -0.4 is 0 Å². The number of halogens is 1. The van der Waals surface area contributed by atoms with Crippen LogP contribution in [0.15, 0.2) is 23.4 Å². The van der Waals surface area contributed by atoms with E-state index in [0.717, 1.165) is 16.2 Å². The van der Waals surface area contributed by atoms with Crippen molar-refractivity contribution in [3.63, 3.8) is 0 Å². The van der Waals surface area contributed by atoms with E-state index in [1.165, 1.54) is 11.8 Å². The molecular weight excluding hydrogens is 270 g/mol. The fraction of sp³-hybridized carbons (Fsp3) is 0.333. The van der Waals surface area contributed by atoms with Crippen molar-refractivity contribution >= 4 is 40.3 Å². The molecule has 0 saturated heterocycles. The summed E-state index contributed by atoms with van der Waals surface area (Å²) in [5.41, 5.74) is 1.74. The Bertz CT molecular complexity index is 582. The first-order valence-electron chi connectivity index (χ1n) is 5.50. The van der Waals surface area contributed by atoms with Gasteiger partial charge in [-0.1, -0.05) is 23.4 Å². The summed E-state index contributed by atoms with van der Waals surface area (Å²) in [6, 6.07) is 5.48. The summed E-state index contributed by atoms with van der Waals surface area (Å²) in [5, 5.41) is 1.23. The average molecular weight is 284 g/mol. The van der Waals surface area contributed by atoms with Crippen molar-refractivity contribution in [2.24, 2.45) is 0 Å². The molecule has 0 aliphatic rings. The Kier molecular flexibility index (Phi) is 3.82. The van der Waals surface area contributed by atoms with Crippen LogP contribution in [0.2, 0.25) is 5.02 Å². The minimum atomic E-state index is -0.170. The van der Waals surface area contributed by atoms with E-state index in [4.69, 9.17) is 11.6 Å². The van der Waals surface area contributed by atoms with Crippen LogP contribution in [0.1, 0.15) is 6.92 Å². The third kappa shape index (κ3) is 2.79. The Morgan fingerprint density at radius 3 is 2.89 bits per heavy atom. The van der Waals surface area contributed by atoms with E-state index in [-0.39, 0.29) is 11.2 Å². The number of aromatic nitrogens is 2. The first kappa shape index (κ1) is 13.2.